The fraction of sp³-hybridized carbons (Fsp3) is 0.556. The van der Waals surface area contributed by atoms with Gasteiger partial charge in [0.1, 0.15) is 0 Å². The van der Waals surface area contributed by atoms with Crippen LogP contribution in [0.15, 0.2) is 29.6 Å². The van der Waals surface area contributed by atoms with Gasteiger partial charge in [-0.2, -0.15) is 0 Å². The van der Waals surface area contributed by atoms with Gasteiger partial charge in [0.25, 0.3) is 0 Å². The van der Waals surface area contributed by atoms with Gasteiger partial charge in [0.15, 0.2) is 0 Å². The van der Waals surface area contributed by atoms with E-state index in [4.69, 9.17) is 0 Å². The second-order valence-electron chi connectivity index (χ2n) is 6.56. The van der Waals surface area contributed by atoms with Crippen LogP contribution in [0, 0.1) is 5.92 Å². The molecule has 1 fully saturated rings. The standard InChI is InChI=1S/C18H26N2S/c1-14(2)12-20(17-6-9-19-10-7-17)13-16-5-3-4-15-8-11-21-18(15)16/h3-5,8,11,14,17,19H,6-7,9-10,12-13H2,1-2H3. The monoisotopic (exact) mass is 302 g/mol. The lowest BCUT2D eigenvalue weighted by Gasteiger charge is -2.36. The number of nitrogens with zero attached hydrogens (tertiary/aromatic N) is 1. The molecule has 0 aliphatic carbocycles. The van der Waals surface area contributed by atoms with Gasteiger partial charge in [-0.05, 0) is 54.2 Å². The Kier molecular flexibility index (Phi) is 4.94. The summed E-state index contributed by atoms with van der Waals surface area (Å²) in [6.07, 6.45) is 2.57. The number of benzene rings is 1. The molecule has 21 heavy (non-hydrogen) atoms. The molecule has 3 heteroatoms. The Labute approximate surface area is 132 Å². The smallest absolute Gasteiger partial charge is 0.0387 e. The topological polar surface area (TPSA) is 15.3 Å². The second-order valence-corrected chi connectivity index (χ2v) is 7.48. The van der Waals surface area contributed by atoms with Gasteiger partial charge in [0.05, 0.1) is 0 Å². The minimum Gasteiger partial charge on any atom is -0.317 e. The van der Waals surface area contributed by atoms with E-state index in [0.717, 1.165) is 18.5 Å². The summed E-state index contributed by atoms with van der Waals surface area (Å²) in [5.41, 5.74) is 1.50. The van der Waals surface area contributed by atoms with E-state index in [2.05, 4.69) is 53.7 Å². The highest BCUT2D eigenvalue weighted by Crippen LogP contribution is 2.27. The molecule has 0 bridgehead atoms. The minimum atomic E-state index is 0.724. The number of rotatable bonds is 5. The van der Waals surface area contributed by atoms with Crippen LogP contribution in [-0.2, 0) is 6.54 Å². The molecule has 1 N–H and O–H groups in total. The molecule has 0 atom stereocenters. The van der Waals surface area contributed by atoms with E-state index in [0.29, 0.717) is 0 Å². The SMILES string of the molecule is CC(C)CN(Cc1cccc2ccsc12)C1CCNCC1. The summed E-state index contributed by atoms with van der Waals surface area (Å²) in [6.45, 7) is 9.30. The van der Waals surface area contributed by atoms with E-state index in [9.17, 15) is 0 Å². The number of hydrogen-bond acceptors (Lipinski definition) is 3. The summed E-state index contributed by atoms with van der Waals surface area (Å²) in [5, 5.41) is 7.10. The van der Waals surface area contributed by atoms with Gasteiger partial charge in [-0.25, -0.2) is 0 Å². The second kappa shape index (κ2) is 6.91. The van der Waals surface area contributed by atoms with E-state index >= 15 is 0 Å². The lowest BCUT2D eigenvalue weighted by atomic mass is 10.0. The molecule has 3 rings (SSSR count). The first-order chi connectivity index (χ1) is 10.2. The average Bonchev–Trinajstić information content (AvgIpc) is 2.96. The molecular weight excluding hydrogens is 276 g/mol. The third-order valence-corrected chi connectivity index (χ3v) is 5.36. The Hall–Kier alpha value is -0.900. The molecule has 0 amide bonds. The predicted molar refractivity (Wildman–Crippen MR) is 93.0 cm³/mol. The highest BCUT2D eigenvalue weighted by atomic mass is 32.1. The van der Waals surface area contributed by atoms with E-state index < -0.39 is 0 Å². The highest BCUT2D eigenvalue weighted by molar-refractivity contribution is 7.17. The zero-order chi connectivity index (χ0) is 14.7. The molecule has 1 aliphatic rings. The van der Waals surface area contributed by atoms with Crippen LogP contribution in [0.3, 0.4) is 0 Å². The molecule has 0 radical (unpaired) electrons. The van der Waals surface area contributed by atoms with Gasteiger partial charge < -0.3 is 5.32 Å². The molecule has 1 saturated heterocycles. The molecule has 2 nitrogen and oxygen atoms in total. The summed E-state index contributed by atoms with van der Waals surface area (Å²) in [7, 11) is 0. The van der Waals surface area contributed by atoms with Crippen molar-refractivity contribution in [2.24, 2.45) is 5.92 Å². The molecule has 2 aromatic rings. The minimum absolute atomic E-state index is 0.724. The molecule has 1 aromatic heterocycles. The first-order valence-electron chi connectivity index (χ1n) is 8.14. The molecule has 0 spiro atoms. The van der Waals surface area contributed by atoms with Crippen molar-refractivity contribution in [3.63, 3.8) is 0 Å². The van der Waals surface area contributed by atoms with Gasteiger partial charge >= 0.3 is 0 Å². The number of fused-ring (bicyclic) bond motifs is 1. The van der Waals surface area contributed by atoms with E-state index in [1.807, 2.05) is 11.3 Å². The molecule has 1 aromatic carbocycles. The first-order valence-corrected chi connectivity index (χ1v) is 9.02. The average molecular weight is 302 g/mol. The van der Waals surface area contributed by atoms with Crippen molar-refractivity contribution in [1.29, 1.82) is 0 Å². The number of nitrogens with one attached hydrogen (secondary N) is 1. The third kappa shape index (κ3) is 3.65. The van der Waals surface area contributed by atoms with Crippen molar-refractivity contribution >= 4 is 21.4 Å². The van der Waals surface area contributed by atoms with Gasteiger partial charge in [-0.3, -0.25) is 4.90 Å². The molecule has 1 aliphatic heterocycles. The summed E-state index contributed by atoms with van der Waals surface area (Å²) in [5.74, 6) is 0.724. The van der Waals surface area contributed by atoms with Crippen molar-refractivity contribution in [3.8, 4) is 0 Å². The highest BCUT2D eigenvalue weighted by Gasteiger charge is 2.22. The Morgan fingerprint density at radius 3 is 2.81 bits per heavy atom. The van der Waals surface area contributed by atoms with Crippen LogP contribution < -0.4 is 5.32 Å². The van der Waals surface area contributed by atoms with Crippen LogP contribution in [0.5, 0.6) is 0 Å². The van der Waals surface area contributed by atoms with Crippen molar-refractivity contribution in [2.45, 2.75) is 39.3 Å². The fourth-order valence-corrected chi connectivity index (χ4v) is 4.29. The van der Waals surface area contributed by atoms with Crippen molar-refractivity contribution in [3.05, 3.63) is 35.2 Å². The van der Waals surface area contributed by atoms with E-state index in [1.165, 1.54) is 48.1 Å². The van der Waals surface area contributed by atoms with Crippen molar-refractivity contribution in [1.82, 2.24) is 10.2 Å². The lowest BCUT2D eigenvalue weighted by molar-refractivity contribution is 0.138. The third-order valence-electron chi connectivity index (χ3n) is 4.36. The number of hydrogen-bond donors (Lipinski definition) is 1. The Morgan fingerprint density at radius 2 is 2.05 bits per heavy atom. The summed E-state index contributed by atoms with van der Waals surface area (Å²) < 4.78 is 1.47. The first kappa shape index (κ1) is 15.0. The zero-order valence-electron chi connectivity index (χ0n) is 13.1. The Balaban J connectivity index is 1.81. The van der Waals surface area contributed by atoms with Gasteiger partial charge in [0, 0.05) is 23.8 Å². The summed E-state index contributed by atoms with van der Waals surface area (Å²) in [6, 6.07) is 9.73. The summed E-state index contributed by atoms with van der Waals surface area (Å²) >= 11 is 1.88. The number of thiophene rings is 1. The molecule has 114 valence electrons. The van der Waals surface area contributed by atoms with Crippen molar-refractivity contribution < 1.29 is 0 Å². The molecule has 2 heterocycles. The maximum Gasteiger partial charge on any atom is 0.0387 e. The van der Waals surface area contributed by atoms with Gasteiger partial charge in [0.2, 0.25) is 0 Å². The van der Waals surface area contributed by atoms with E-state index in [1.54, 1.807) is 0 Å². The lowest BCUT2D eigenvalue weighted by Crippen LogP contribution is -2.44. The van der Waals surface area contributed by atoms with Gasteiger partial charge in [-0.15, -0.1) is 11.3 Å². The van der Waals surface area contributed by atoms with Crippen molar-refractivity contribution in [2.75, 3.05) is 19.6 Å². The number of piperidine rings is 1. The molecule has 0 unspecified atom stereocenters. The Bertz CT molecular complexity index is 569. The van der Waals surface area contributed by atoms with Crippen LogP contribution in [0.1, 0.15) is 32.3 Å². The van der Waals surface area contributed by atoms with Crippen LogP contribution in [0.2, 0.25) is 0 Å². The maximum atomic E-state index is 3.49. The fourth-order valence-electron chi connectivity index (χ4n) is 3.38. The molecule has 0 saturated carbocycles. The van der Waals surface area contributed by atoms with Crippen LogP contribution in [0.4, 0.5) is 0 Å². The quantitative estimate of drug-likeness (QED) is 0.894. The normalized spacial score (nSPS) is 17.1. The van der Waals surface area contributed by atoms with Crippen LogP contribution in [-0.4, -0.2) is 30.6 Å². The zero-order valence-corrected chi connectivity index (χ0v) is 14.0. The van der Waals surface area contributed by atoms with Crippen LogP contribution >= 0.6 is 11.3 Å². The van der Waals surface area contributed by atoms with E-state index in [-0.39, 0.29) is 0 Å². The largest absolute Gasteiger partial charge is 0.317 e. The van der Waals surface area contributed by atoms with Gasteiger partial charge in [-0.1, -0.05) is 32.0 Å². The maximum absolute atomic E-state index is 3.49. The molecular formula is C18H26N2S. The summed E-state index contributed by atoms with van der Waals surface area (Å²) in [4.78, 5) is 2.72. The Morgan fingerprint density at radius 1 is 1.24 bits per heavy atom. The predicted octanol–water partition coefficient (Wildman–Crippen LogP) is 4.11. The van der Waals surface area contributed by atoms with Crippen LogP contribution in [0.25, 0.3) is 10.1 Å².